The van der Waals surface area contributed by atoms with E-state index in [-0.39, 0.29) is 0 Å². The molecule has 1 saturated heterocycles. The van der Waals surface area contributed by atoms with Gasteiger partial charge in [0.15, 0.2) is 0 Å². The van der Waals surface area contributed by atoms with Gasteiger partial charge in [0.05, 0.1) is 11.9 Å². The van der Waals surface area contributed by atoms with Crippen LogP contribution in [0.2, 0.25) is 0 Å². The Bertz CT molecular complexity index is 268. The zero-order chi connectivity index (χ0) is 9.10. The average Bonchev–Trinajstić information content (AvgIpc) is 2.71. The highest BCUT2D eigenvalue weighted by Gasteiger charge is 2.18. The van der Waals surface area contributed by atoms with Crippen molar-refractivity contribution in [1.82, 2.24) is 20.5 Å². The number of thioether (sulfide) groups is 1. The van der Waals surface area contributed by atoms with Crippen LogP contribution in [0.3, 0.4) is 0 Å². The maximum absolute atomic E-state index is 4.20. The first-order valence-corrected chi connectivity index (χ1v) is 5.57. The summed E-state index contributed by atoms with van der Waals surface area (Å²) < 4.78 is 0. The van der Waals surface area contributed by atoms with Crippen LogP contribution in [-0.2, 0) is 0 Å². The highest BCUT2D eigenvalue weighted by atomic mass is 32.2. The minimum absolute atomic E-state index is 0.510. The summed E-state index contributed by atoms with van der Waals surface area (Å²) in [5.74, 6) is 0.510. The standard InChI is InChI=1S/C8H12N4S/c1-13-8-10-5-7(11-12-8)6-2-3-9-4-6/h5-6,9H,2-4H2,1H3. The molecule has 1 aromatic heterocycles. The molecule has 0 saturated carbocycles. The molecule has 1 fully saturated rings. The molecule has 0 bridgehead atoms. The average molecular weight is 196 g/mol. The smallest absolute Gasteiger partial charge is 0.208 e. The number of hydrogen-bond donors (Lipinski definition) is 1. The summed E-state index contributed by atoms with van der Waals surface area (Å²) in [6.07, 6.45) is 4.94. The van der Waals surface area contributed by atoms with Gasteiger partial charge in [-0.3, -0.25) is 0 Å². The number of rotatable bonds is 2. The van der Waals surface area contributed by atoms with Crippen molar-refractivity contribution in [2.24, 2.45) is 0 Å². The molecule has 1 aromatic rings. The lowest BCUT2D eigenvalue weighted by atomic mass is 10.1. The van der Waals surface area contributed by atoms with Crippen molar-refractivity contribution in [3.05, 3.63) is 11.9 Å². The predicted molar refractivity (Wildman–Crippen MR) is 51.8 cm³/mol. The van der Waals surface area contributed by atoms with Gasteiger partial charge < -0.3 is 5.32 Å². The Hall–Kier alpha value is -0.680. The van der Waals surface area contributed by atoms with Gasteiger partial charge in [-0.1, -0.05) is 11.8 Å². The van der Waals surface area contributed by atoms with Crippen LogP contribution in [0.4, 0.5) is 0 Å². The van der Waals surface area contributed by atoms with Crippen molar-refractivity contribution >= 4 is 11.8 Å². The van der Waals surface area contributed by atoms with Gasteiger partial charge in [0, 0.05) is 12.5 Å². The molecular weight excluding hydrogens is 184 g/mol. The van der Waals surface area contributed by atoms with E-state index in [0.29, 0.717) is 5.92 Å². The lowest BCUT2D eigenvalue weighted by Crippen LogP contribution is -2.09. The van der Waals surface area contributed by atoms with E-state index < -0.39 is 0 Å². The zero-order valence-corrected chi connectivity index (χ0v) is 8.34. The molecule has 5 heteroatoms. The fourth-order valence-electron chi connectivity index (χ4n) is 1.46. The van der Waals surface area contributed by atoms with Crippen LogP contribution in [-0.4, -0.2) is 34.5 Å². The zero-order valence-electron chi connectivity index (χ0n) is 7.53. The molecule has 70 valence electrons. The topological polar surface area (TPSA) is 50.7 Å². The minimum Gasteiger partial charge on any atom is -0.316 e. The van der Waals surface area contributed by atoms with E-state index in [1.807, 2.05) is 12.5 Å². The van der Waals surface area contributed by atoms with Crippen LogP contribution >= 0.6 is 11.8 Å². The highest BCUT2D eigenvalue weighted by molar-refractivity contribution is 7.98. The molecular formula is C8H12N4S. The second kappa shape index (κ2) is 4.02. The van der Waals surface area contributed by atoms with Crippen LogP contribution in [0.15, 0.2) is 11.4 Å². The van der Waals surface area contributed by atoms with E-state index in [1.165, 1.54) is 11.8 Å². The van der Waals surface area contributed by atoms with E-state index in [9.17, 15) is 0 Å². The molecule has 0 aliphatic carbocycles. The second-order valence-corrected chi connectivity index (χ2v) is 3.83. The van der Waals surface area contributed by atoms with Crippen LogP contribution in [0.25, 0.3) is 0 Å². The molecule has 0 spiro atoms. The largest absolute Gasteiger partial charge is 0.316 e. The minimum atomic E-state index is 0.510. The van der Waals surface area contributed by atoms with Crippen LogP contribution < -0.4 is 5.32 Å². The SMILES string of the molecule is CSc1ncc(C2CCNC2)nn1. The van der Waals surface area contributed by atoms with Crippen molar-refractivity contribution in [2.45, 2.75) is 17.5 Å². The molecule has 0 aromatic carbocycles. The Balaban J connectivity index is 2.12. The maximum Gasteiger partial charge on any atom is 0.208 e. The predicted octanol–water partition coefficient (Wildman–Crippen LogP) is 0.670. The maximum atomic E-state index is 4.20. The van der Waals surface area contributed by atoms with Gasteiger partial charge in [0.25, 0.3) is 0 Å². The first kappa shape index (κ1) is 8.90. The summed E-state index contributed by atoms with van der Waals surface area (Å²) in [6, 6.07) is 0. The molecule has 13 heavy (non-hydrogen) atoms. The second-order valence-electron chi connectivity index (χ2n) is 3.06. The van der Waals surface area contributed by atoms with Crippen LogP contribution in [0, 0.1) is 0 Å². The van der Waals surface area contributed by atoms with E-state index in [0.717, 1.165) is 30.4 Å². The van der Waals surface area contributed by atoms with Gasteiger partial charge in [0.1, 0.15) is 0 Å². The van der Waals surface area contributed by atoms with Gasteiger partial charge in [-0.05, 0) is 19.2 Å². The monoisotopic (exact) mass is 196 g/mol. The van der Waals surface area contributed by atoms with Gasteiger partial charge in [-0.25, -0.2) is 4.98 Å². The normalized spacial score (nSPS) is 22.1. The fraction of sp³-hybridized carbons (Fsp3) is 0.625. The molecule has 1 aliphatic heterocycles. The third-order valence-corrected chi connectivity index (χ3v) is 2.77. The first-order valence-electron chi connectivity index (χ1n) is 4.34. The first-order chi connectivity index (χ1) is 6.40. The number of aromatic nitrogens is 3. The van der Waals surface area contributed by atoms with Crippen LogP contribution in [0.5, 0.6) is 0 Å². The van der Waals surface area contributed by atoms with E-state index >= 15 is 0 Å². The summed E-state index contributed by atoms with van der Waals surface area (Å²) >= 11 is 1.52. The molecule has 2 rings (SSSR count). The van der Waals surface area contributed by atoms with Crippen molar-refractivity contribution in [2.75, 3.05) is 19.3 Å². The quantitative estimate of drug-likeness (QED) is 0.705. The van der Waals surface area contributed by atoms with E-state index in [2.05, 4.69) is 20.5 Å². The molecule has 1 atom stereocenters. The van der Waals surface area contributed by atoms with Crippen molar-refractivity contribution in [3.8, 4) is 0 Å². The summed E-state index contributed by atoms with van der Waals surface area (Å²) in [5, 5.41) is 12.2. The Labute approximate surface area is 81.6 Å². The Morgan fingerprint density at radius 1 is 1.54 bits per heavy atom. The van der Waals surface area contributed by atoms with E-state index in [1.54, 1.807) is 0 Å². The van der Waals surface area contributed by atoms with Crippen molar-refractivity contribution in [1.29, 1.82) is 0 Å². The molecule has 1 aliphatic rings. The van der Waals surface area contributed by atoms with Gasteiger partial charge >= 0.3 is 0 Å². The van der Waals surface area contributed by atoms with Gasteiger partial charge in [-0.2, -0.15) is 5.10 Å². The molecule has 1 N–H and O–H groups in total. The summed E-state index contributed by atoms with van der Waals surface area (Å²) in [5.41, 5.74) is 1.02. The molecule has 1 unspecified atom stereocenters. The Morgan fingerprint density at radius 3 is 3.00 bits per heavy atom. The molecule has 0 radical (unpaired) electrons. The summed E-state index contributed by atoms with van der Waals surface area (Å²) in [4.78, 5) is 4.20. The molecule has 4 nitrogen and oxygen atoms in total. The van der Waals surface area contributed by atoms with E-state index in [4.69, 9.17) is 0 Å². The third kappa shape index (κ3) is 1.97. The van der Waals surface area contributed by atoms with Crippen molar-refractivity contribution in [3.63, 3.8) is 0 Å². The lowest BCUT2D eigenvalue weighted by molar-refractivity contribution is 0.680. The van der Waals surface area contributed by atoms with Crippen molar-refractivity contribution < 1.29 is 0 Å². The van der Waals surface area contributed by atoms with Gasteiger partial charge in [-0.15, -0.1) is 5.10 Å². The Morgan fingerprint density at radius 2 is 2.46 bits per heavy atom. The number of hydrogen-bond acceptors (Lipinski definition) is 5. The van der Waals surface area contributed by atoms with Crippen LogP contribution in [0.1, 0.15) is 18.0 Å². The lowest BCUT2D eigenvalue weighted by Gasteiger charge is -2.05. The molecule has 0 amide bonds. The number of nitrogens with zero attached hydrogens (tertiary/aromatic N) is 3. The third-order valence-electron chi connectivity index (χ3n) is 2.22. The Kier molecular flexibility index (Phi) is 2.75. The summed E-state index contributed by atoms with van der Waals surface area (Å²) in [7, 11) is 0. The van der Waals surface area contributed by atoms with Gasteiger partial charge in [0.2, 0.25) is 5.16 Å². The highest BCUT2D eigenvalue weighted by Crippen LogP contribution is 2.19. The summed E-state index contributed by atoms with van der Waals surface area (Å²) in [6.45, 7) is 2.09. The molecule has 2 heterocycles. The number of nitrogens with one attached hydrogen (secondary N) is 1. The fourth-order valence-corrected chi connectivity index (χ4v) is 1.74.